The van der Waals surface area contributed by atoms with Crippen molar-refractivity contribution in [1.29, 1.82) is 0 Å². The van der Waals surface area contributed by atoms with Gasteiger partial charge in [-0.2, -0.15) is 0 Å². The van der Waals surface area contributed by atoms with E-state index in [2.05, 4.69) is 0 Å². The van der Waals surface area contributed by atoms with Gasteiger partial charge < -0.3 is 15.3 Å². The first kappa shape index (κ1) is 22.5. The summed E-state index contributed by atoms with van der Waals surface area (Å²) in [5.74, 6) is 0. The number of rotatable bonds is 0. The number of hydrogen-bond donors (Lipinski definition) is 3. The Bertz CT molecular complexity index is 17.7. The fourth-order valence-corrected chi connectivity index (χ4v) is 0. The van der Waals surface area contributed by atoms with E-state index >= 15 is 0 Å². The third-order valence-electron chi connectivity index (χ3n) is 0. The Hall–Kier alpha value is 1.07. The summed E-state index contributed by atoms with van der Waals surface area (Å²) in [6.07, 6.45) is 0. The van der Waals surface area contributed by atoms with Crippen molar-refractivity contribution in [3.8, 4) is 0 Å². The zero-order valence-corrected chi connectivity index (χ0v) is 10.7. The van der Waals surface area contributed by atoms with Gasteiger partial charge in [-0.1, -0.05) is 0 Å². The molecule has 0 fully saturated rings. The van der Waals surface area contributed by atoms with E-state index in [4.69, 9.17) is 15.3 Å². The summed E-state index contributed by atoms with van der Waals surface area (Å²) in [6, 6.07) is 0. The van der Waals surface area contributed by atoms with Crippen LogP contribution in [-0.2, 0) is 0 Å². The first-order valence-electron chi connectivity index (χ1n) is 3.07. The Kier molecular flexibility index (Phi) is 112. The van der Waals surface area contributed by atoms with E-state index in [-0.39, 0.29) is 55.4 Å². The molecule has 1 radical (unpaired) electrons. The zero-order valence-electron chi connectivity index (χ0n) is 7.04. The van der Waals surface area contributed by atoms with Crippen LogP contribution >= 0.6 is 0 Å². The molecule has 3 N–H and O–H groups in total. The normalized spacial score (nSPS) is 5.40. The second-order valence-electron chi connectivity index (χ2n) is 0.949. The smallest absolute Gasteiger partial charge is 0.0402 e. The van der Waals surface area contributed by atoms with Crippen molar-refractivity contribution in [3.05, 3.63) is 0 Å². The Labute approximate surface area is 91.1 Å². The van der Waals surface area contributed by atoms with Crippen LogP contribution in [0.4, 0.5) is 0 Å². The maximum atomic E-state index is 7.57. The number of hydrogen-bond acceptors (Lipinski definition) is 3. The molecule has 0 aliphatic carbocycles. The molecule has 0 spiro atoms. The molecule has 0 saturated heterocycles. The minimum Gasteiger partial charge on any atom is -0.397 e. The van der Waals surface area contributed by atoms with Crippen molar-refractivity contribution < 1.29 is 50.9 Å². The molecule has 63 valence electrons. The van der Waals surface area contributed by atoms with E-state index in [9.17, 15) is 0 Å². The first-order valence-corrected chi connectivity index (χ1v) is 3.07. The molecule has 0 amide bonds. The second kappa shape index (κ2) is 50.0. The van der Waals surface area contributed by atoms with Crippen LogP contribution in [-0.4, -0.2) is 35.1 Å². The first-order chi connectivity index (χ1) is 4.24. The fourth-order valence-electron chi connectivity index (χ4n) is 0. The van der Waals surface area contributed by atoms with Crippen molar-refractivity contribution in [2.45, 2.75) is 20.8 Å². The number of aliphatic hydroxyl groups is 3. The Morgan fingerprint density at radius 2 is 0.700 bits per heavy atom. The van der Waals surface area contributed by atoms with Crippen LogP contribution in [0.5, 0.6) is 0 Å². The fraction of sp³-hybridized carbons (Fsp3) is 1.00. The van der Waals surface area contributed by atoms with Crippen LogP contribution in [0.1, 0.15) is 20.8 Å². The second-order valence-corrected chi connectivity index (χ2v) is 0.949. The molecule has 0 aliphatic heterocycles. The van der Waals surface area contributed by atoms with Crippen LogP contribution in [0.15, 0.2) is 0 Å². The standard InChI is InChI=1S/3C2H6O.La/c3*1-2-3;/h3*3H,2H2,1H3;. The minimum absolute atomic E-state index is 0. The molecular formula is C6H18LaO3. The van der Waals surface area contributed by atoms with Gasteiger partial charge in [-0.25, -0.2) is 0 Å². The van der Waals surface area contributed by atoms with Gasteiger partial charge in [0.2, 0.25) is 0 Å². The van der Waals surface area contributed by atoms with E-state index in [0.29, 0.717) is 0 Å². The van der Waals surface area contributed by atoms with Crippen LogP contribution in [0.3, 0.4) is 0 Å². The molecule has 0 heterocycles. The van der Waals surface area contributed by atoms with Gasteiger partial charge in [0.25, 0.3) is 0 Å². The minimum atomic E-state index is 0. The van der Waals surface area contributed by atoms with Crippen LogP contribution in [0.25, 0.3) is 0 Å². The molecule has 0 unspecified atom stereocenters. The molecule has 4 heteroatoms. The maximum absolute atomic E-state index is 7.57. The van der Waals surface area contributed by atoms with Crippen LogP contribution in [0.2, 0.25) is 0 Å². The van der Waals surface area contributed by atoms with Crippen molar-refractivity contribution in [2.24, 2.45) is 0 Å². The van der Waals surface area contributed by atoms with Gasteiger partial charge in [-0.3, -0.25) is 0 Å². The van der Waals surface area contributed by atoms with Gasteiger partial charge in [0, 0.05) is 55.4 Å². The molecule has 3 nitrogen and oxygen atoms in total. The maximum Gasteiger partial charge on any atom is 0.0402 e. The Balaban J connectivity index is -0.0000000257. The van der Waals surface area contributed by atoms with Gasteiger partial charge in [0.05, 0.1) is 0 Å². The predicted octanol–water partition coefficient (Wildman–Crippen LogP) is -0.00420. The molecule has 0 aliphatic rings. The summed E-state index contributed by atoms with van der Waals surface area (Å²) >= 11 is 0. The third-order valence-corrected chi connectivity index (χ3v) is 0. The molecule has 0 saturated carbocycles. The summed E-state index contributed by atoms with van der Waals surface area (Å²) in [5, 5.41) is 22.7. The topological polar surface area (TPSA) is 60.7 Å². The van der Waals surface area contributed by atoms with Crippen LogP contribution < -0.4 is 0 Å². The van der Waals surface area contributed by atoms with E-state index in [1.807, 2.05) is 0 Å². The summed E-state index contributed by atoms with van der Waals surface area (Å²) in [7, 11) is 0. The van der Waals surface area contributed by atoms with Gasteiger partial charge >= 0.3 is 0 Å². The molecule has 0 bridgehead atoms. The zero-order chi connectivity index (χ0) is 8.12. The molecule has 0 rings (SSSR count). The summed E-state index contributed by atoms with van der Waals surface area (Å²) in [5.41, 5.74) is 0. The van der Waals surface area contributed by atoms with E-state index < -0.39 is 0 Å². The molecule has 0 aromatic heterocycles. The SMILES string of the molecule is CCO.CCO.CCO.[La]. The summed E-state index contributed by atoms with van der Waals surface area (Å²) in [4.78, 5) is 0. The van der Waals surface area contributed by atoms with Crippen molar-refractivity contribution in [1.82, 2.24) is 0 Å². The summed E-state index contributed by atoms with van der Waals surface area (Å²) < 4.78 is 0. The summed E-state index contributed by atoms with van der Waals surface area (Å²) in [6.45, 7) is 5.79. The van der Waals surface area contributed by atoms with Crippen molar-refractivity contribution in [3.63, 3.8) is 0 Å². The Morgan fingerprint density at radius 1 is 0.700 bits per heavy atom. The largest absolute Gasteiger partial charge is 0.397 e. The molecule has 0 atom stereocenters. The molecule has 10 heavy (non-hydrogen) atoms. The van der Waals surface area contributed by atoms with Crippen molar-refractivity contribution >= 4 is 0 Å². The van der Waals surface area contributed by atoms with E-state index in [0.717, 1.165) is 0 Å². The number of aliphatic hydroxyl groups excluding tert-OH is 3. The van der Waals surface area contributed by atoms with Gasteiger partial charge in [0.15, 0.2) is 0 Å². The quantitative estimate of drug-likeness (QED) is 0.584. The van der Waals surface area contributed by atoms with E-state index in [1.54, 1.807) is 20.8 Å². The third kappa shape index (κ3) is 512. The molecular weight excluding hydrogens is 259 g/mol. The van der Waals surface area contributed by atoms with Gasteiger partial charge in [-0.05, 0) is 20.8 Å². The van der Waals surface area contributed by atoms with Crippen molar-refractivity contribution in [2.75, 3.05) is 19.8 Å². The van der Waals surface area contributed by atoms with Gasteiger partial charge in [-0.15, -0.1) is 0 Å². The van der Waals surface area contributed by atoms with Crippen LogP contribution in [0, 0.1) is 35.6 Å². The Morgan fingerprint density at radius 3 is 0.700 bits per heavy atom. The predicted molar refractivity (Wildman–Crippen MR) is 38.3 cm³/mol. The average molecular weight is 277 g/mol. The monoisotopic (exact) mass is 277 g/mol. The molecule has 0 aromatic carbocycles. The average Bonchev–Trinajstić information content (AvgIpc) is 1.70. The molecule has 0 aromatic rings. The van der Waals surface area contributed by atoms with E-state index in [1.165, 1.54) is 0 Å². The van der Waals surface area contributed by atoms with Gasteiger partial charge in [0.1, 0.15) is 0 Å².